The van der Waals surface area contributed by atoms with Crippen LogP contribution in [0.15, 0.2) is 24.3 Å². The summed E-state index contributed by atoms with van der Waals surface area (Å²) in [5.41, 5.74) is 2.06. The number of fused-ring (bicyclic) bond motifs is 1. The SMILES string of the molecule is CN1CCN(C2CCN(C(=O)CCC(=O)N3CCC(N4CCc5ccccc5NC4=O)CC3)CC2)CC1. The van der Waals surface area contributed by atoms with Crippen LogP contribution in [-0.2, 0) is 16.0 Å². The second-order valence-corrected chi connectivity index (χ2v) is 11.1. The number of hydrogen-bond acceptors (Lipinski definition) is 5. The highest BCUT2D eigenvalue weighted by Crippen LogP contribution is 2.25. The van der Waals surface area contributed by atoms with Crippen LogP contribution in [0.4, 0.5) is 10.5 Å². The zero-order valence-corrected chi connectivity index (χ0v) is 22.2. The van der Waals surface area contributed by atoms with Gasteiger partial charge in [0.15, 0.2) is 0 Å². The van der Waals surface area contributed by atoms with Gasteiger partial charge in [-0.05, 0) is 50.8 Å². The summed E-state index contributed by atoms with van der Waals surface area (Å²) in [4.78, 5) is 49.3. The van der Waals surface area contributed by atoms with Gasteiger partial charge >= 0.3 is 6.03 Å². The Kier molecular flexibility index (Phi) is 8.30. The molecule has 5 rings (SSSR count). The standard InChI is InChI=1S/C28H42N6O3/c1-30-18-20-31(21-19-30)23-9-13-32(14-10-23)26(35)6-7-27(36)33-15-11-24(12-16-33)34-17-8-22-4-2-3-5-25(22)29-28(34)37/h2-5,23-24H,6-21H2,1H3,(H,29,37). The van der Waals surface area contributed by atoms with Gasteiger partial charge in [-0.25, -0.2) is 4.79 Å². The van der Waals surface area contributed by atoms with E-state index in [1.54, 1.807) is 0 Å². The number of anilines is 1. The maximum atomic E-state index is 12.9. The quantitative estimate of drug-likeness (QED) is 0.656. The Hall–Kier alpha value is -2.65. The molecule has 4 amide bonds. The minimum absolute atomic E-state index is 0.0447. The van der Waals surface area contributed by atoms with Gasteiger partial charge in [0.1, 0.15) is 0 Å². The molecule has 0 aliphatic carbocycles. The number of benzene rings is 1. The number of nitrogens with zero attached hydrogens (tertiary/aromatic N) is 5. The van der Waals surface area contributed by atoms with Crippen LogP contribution >= 0.6 is 0 Å². The summed E-state index contributed by atoms with van der Waals surface area (Å²) >= 11 is 0. The van der Waals surface area contributed by atoms with Crippen molar-refractivity contribution in [3.63, 3.8) is 0 Å². The minimum Gasteiger partial charge on any atom is -0.343 e. The number of rotatable bonds is 5. The van der Waals surface area contributed by atoms with Crippen LogP contribution in [0.1, 0.15) is 44.1 Å². The fourth-order valence-corrected chi connectivity index (χ4v) is 6.36. The van der Waals surface area contributed by atoms with E-state index in [1.807, 2.05) is 32.9 Å². The highest BCUT2D eigenvalue weighted by Gasteiger charge is 2.32. The smallest absolute Gasteiger partial charge is 0.322 e. The molecule has 0 aromatic heterocycles. The lowest BCUT2D eigenvalue weighted by Crippen LogP contribution is -2.53. The summed E-state index contributed by atoms with van der Waals surface area (Å²) in [6.45, 7) is 8.08. The predicted molar refractivity (Wildman–Crippen MR) is 143 cm³/mol. The van der Waals surface area contributed by atoms with Crippen molar-refractivity contribution >= 4 is 23.5 Å². The van der Waals surface area contributed by atoms with Crippen LogP contribution in [0.2, 0.25) is 0 Å². The molecule has 3 fully saturated rings. The molecule has 4 aliphatic rings. The Labute approximate surface area is 220 Å². The maximum Gasteiger partial charge on any atom is 0.322 e. The number of para-hydroxylation sites is 1. The van der Waals surface area contributed by atoms with Gasteiger partial charge in [0.2, 0.25) is 11.8 Å². The van der Waals surface area contributed by atoms with E-state index < -0.39 is 0 Å². The van der Waals surface area contributed by atoms with Crippen LogP contribution in [0, 0.1) is 0 Å². The topological polar surface area (TPSA) is 79.4 Å². The first-order chi connectivity index (χ1) is 18.0. The van der Waals surface area contributed by atoms with E-state index in [0.29, 0.717) is 32.1 Å². The molecular formula is C28H42N6O3. The first-order valence-electron chi connectivity index (χ1n) is 14.1. The summed E-state index contributed by atoms with van der Waals surface area (Å²) < 4.78 is 0. The molecule has 3 saturated heterocycles. The molecule has 0 spiro atoms. The lowest BCUT2D eigenvalue weighted by molar-refractivity contribution is -0.138. The highest BCUT2D eigenvalue weighted by atomic mass is 16.2. The fraction of sp³-hybridized carbons (Fsp3) is 0.679. The van der Waals surface area contributed by atoms with Crippen molar-refractivity contribution in [2.75, 3.05) is 71.3 Å². The van der Waals surface area contributed by atoms with E-state index in [9.17, 15) is 14.4 Å². The molecule has 4 heterocycles. The van der Waals surface area contributed by atoms with Crippen molar-refractivity contribution in [2.45, 2.75) is 57.0 Å². The molecule has 1 aromatic carbocycles. The van der Waals surface area contributed by atoms with Crippen LogP contribution in [0.5, 0.6) is 0 Å². The number of nitrogens with one attached hydrogen (secondary N) is 1. The summed E-state index contributed by atoms with van der Waals surface area (Å²) in [6.07, 6.45) is 5.04. The molecule has 202 valence electrons. The van der Waals surface area contributed by atoms with E-state index in [4.69, 9.17) is 0 Å². The Balaban J connectivity index is 1.02. The third-order valence-corrected chi connectivity index (χ3v) is 8.82. The third kappa shape index (κ3) is 6.26. The van der Waals surface area contributed by atoms with Gasteiger partial charge in [0.25, 0.3) is 0 Å². The minimum atomic E-state index is -0.0447. The second-order valence-electron chi connectivity index (χ2n) is 11.1. The zero-order valence-electron chi connectivity index (χ0n) is 22.2. The van der Waals surface area contributed by atoms with Crippen LogP contribution in [0.3, 0.4) is 0 Å². The van der Waals surface area contributed by atoms with Gasteiger partial charge in [-0.15, -0.1) is 0 Å². The van der Waals surface area contributed by atoms with E-state index in [-0.39, 0.29) is 30.3 Å². The van der Waals surface area contributed by atoms with E-state index in [2.05, 4.69) is 28.2 Å². The summed E-state index contributed by atoms with van der Waals surface area (Å²) in [6, 6.07) is 8.65. The van der Waals surface area contributed by atoms with Crippen LogP contribution < -0.4 is 5.32 Å². The number of likely N-dealkylation sites (tertiary alicyclic amines) is 2. The van der Waals surface area contributed by atoms with Gasteiger partial charge in [-0.1, -0.05) is 18.2 Å². The lowest BCUT2D eigenvalue weighted by atomic mass is 10.0. The second kappa shape index (κ2) is 11.8. The number of likely N-dealkylation sites (N-methyl/N-ethyl adjacent to an activating group) is 1. The van der Waals surface area contributed by atoms with Crippen molar-refractivity contribution in [2.24, 2.45) is 0 Å². The average molecular weight is 511 g/mol. The largest absolute Gasteiger partial charge is 0.343 e. The maximum absolute atomic E-state index is 12.9. The van der Waals surface area contributed by atoms with Gasteiger partial charge in [-0.3, -0.25) is 14.5 Å². The monoisotopic (exact) mass is 510 g/mol. The van der Waals surface area contributed by atoms with Crippen molar-refractivity contribution in [3.8, 4) is 0 Å². The predicted octanol–water partition coefficient (Wildman–Crippen LogP) is 2.09. The first kappa shape index (κ1) is 26.0. The summed E-state index contributed by atoms with van der Waals surface area (Å²) in [7, 11) is 2.18. The van der Waals surface area contributed by atoms with E-state index in [1.165, 1.54) is 5.56 Å². The molecule has 0 saturated carbocycles. The van der Waals surface area contributed by atoms with Crippen LogP contribution in [-0.4, -0.2) is 120 Å². The normalized spacial score (nSPS) is 22.9. The Morgan fingerprint density at radius 2 is 1.35 bits per heavy atom. The first-order valence-corrected chi connectivity index (χ1v) is 14.1. The van der Waals surface area contributed by atoms with E-state index in [0.717, 1.165) is 77.1 Å². The molecule has 4 aliphatic heterocycles. The van der Waals surface area contributed by atoms with Gasteiger partial charge < -0.3 is 24.9 Å². The lowest BCUT2D eigenvalue weighted by Gasteiger charge is -2.42. The summed E-state index contributed by atoms with van der Waals surface area (Å²) in [5, 5.41) is 3.05. The molecule has 0 radical (unpaired) electrons. The van der Waals surface area contributed by atoms with E-state index >= 15 is 0 Å². The molecule has 9 nitrogen and oxygen atoms in total. The molecular weight excluding hydrogens is 468 g/mol. The number of hydrogen-bond donors (Lipinski definition) is 1. The number of amides is 4. The van der Waals surface area contributed by atoms with Crippen molar-refractivity contribution in [1.29, 1.82) is 0 Å². The molecule has 1 aromatic rings. The number of piperazine rings is 1. The molecule has 1 N–H and O–H groups in total. The third-order valence-electron chi connectivity index (χ3n) is 8.82. The van der Waals surface area contributed by atoms with Gasteiger partial charge in [0.05, 0.1) is 0 Å². The molecule has 0 bridgehead atoms. The average Bonchev–Trinajstić information content (AvgIpc) is 3.10. The highest BCUT2D eigenvalue weighted by molar-refractivity contribution is 5.91. The Morgan fingerprint density at radius 1 is 0.784 bits per heavy atom. The Morgan fingerprint density at radius 3 is 1.97 bits per heavy atom. The molecule has 9 heteroatoms. The summed E-state index contributed by atoms with van der Waals surface area (Å²) in [5.74, 6) is 0.174. The van der Waals surface area contributed by atoms with Crippen LogP contribution in [0.25, 0.3) is 0 Å². The number of carbonyl (C=O) groups excluding carboxylic acids is 3. The number of piperidine rings is 2. The van der Waals surface area contributed by atoms with Crippen molar-refractivity contribution < 1.29 is 14.4 Å². The van der Waals surface area contributed by atoms with Crippen molar-refractivity contribution in [1.82, 2.24) is 24.5 Å². The number of urea groups is 1. The zero-order chi connectivity index (χ0) is 25.8. The van der Waals surface area contributed by atoms with Crippen molar-refractivity contribution in [3.05, 3.63) is 29.8 Å². The molecule has 0 atom stereocenters. The Bertz CT molecular complexity index is 962. The molecule has 0 unspecified atom stereocenters. The number of carbonyl (C=O) groups is 3. The van der Waals surface area contributed by atoms with Gasteiger partial charge in [-0.2, -0.15) is 0 Å². The molecule has 37 heavy (non-hydrogen) atoms. The van der Waals surface area contributed by atoms with Gasteiger partial charge in [0, 0.05) is 89.5 Å². The fourth-order valence-electron chi connectivity index (χ4n) is 6.36.